The van der Waals surface area contributed by atoms with Crippen molar-refractivity contribution in [2.45, 2.75) is 43.4 Å². The van der Waals surface area contributed by atoms with Crippen LogP contribution in [0.5, 0.6) is 6.01 Å². The van der Waals surface area contributed by atoms with E-state index in [0.29, 0.717) is 43.7 Å². The molecule has 2 N–H and O–H groups in total. The fraction of sp³-hybridized carbons (Fsp3) is 0.406. The van der Waals surface area contributed by atoms with Crippen molar-refractivity contribution >= 4 is 54.7 Å². The third-order valence-corrected chi connectivity index (χ3v) is 10.6. The van der Waals surface area contributed by atoms with Gasteiger partial charge in [0.05, 0.1) is 27.2 Å². The summed E-state index contributed by atoms with van der Waals surface area (Å²) in [6, 6.07) is 2.36. The van der Waals surface area contributed by atoms with Crippen LogP contribution in [-0.2, 0) is 4.79 Å². The molecule has 3 aliphatic heterocycles. The number of amides is 1. The fourth-order valence-corrected chi connectivity index (χ4v) is 8.17. The van der Waals surface area contributed by atoms with Crippen LogP contribution in [0, 0.1) is 18.2 Å². The Kier molecular flexibility index (Phi) is 7.48. The Morgan fingerprint density at radius 2 is 2.15 bits per heavy atom. The molecule has 14 heteroatoms. The summed E-state index contributed by atoms with van der Waals surface area (Å²) in [7, 11) is 1.81. The second kappa shape index (κ2) is 11.4. The number of benzene rings is 1. The number of thiophene rings is 1. The third-order valence-electron chi connectivity index (χ3n) is 9.56. The summed E-state index contributed by atoms with van der Waals surface area (Å²) in [4.78, 5) is 35.1. The highest BCUT2D eigenvalue weighted by Crippen LogP contribution is 2.47. The number of fused-ring (bicyclic) bond motifs is 3. The summed E-state index contributed by atoms with van der Waals surface area (Å²) in [6.07, 6.45) is 4.48. The van der Waals surface area contributed by atoms with E-state index in [1.165, 1.54) is 24.4 Å². The Labute approximate surface area is 267 Å². The van der Waals surface area contributed by atoms with Gasteiger partial charge in [-0.15, -0.1) is 11.3 Å². The Bertz CT molecular complexity index is 1950. The molecule has 1 amide bonds. The molecule has 7 rings (SSSR count). The normalized spacial score (nSPS) is 22.8. The molecule has 0 unspecified atom stereocenters. The number of anilines is 2. The van der Waals surface area contributed by atoms with Crippen LogP contribution in [-0.4, -0.2) is 88.2 Å². The molecule has 0 bridgehead atoms. The number of rotatable bonds is 7. The van der Waals surface area contributed by atoms with Gasteiger partial charge in [0.15, 0.2) is 5.82 Å². The SMILES string of the molecule is [C-]#[N+]c1c(N)sc2c(F)ccc(-c3ncc4c(N(C)[C@@H]5CCN(C(=O)C=C)C5)nc(OC[C@@]56CCCN5C[C@H](F)C6)nc4c3F)c12. The zero-order chi connectivity index (χ0) is 32.3. The smallest absolute Gasteiger partial charge is 0.319 e. The molecule has 0 aliphatic carbocycles. The molecular weight excluding hydrogens is 617 g/mol. The van der Waals surface area contributed by atoms with Crippen LogP contribution in [0.1, 0.15) is 25.7 Å². The van der Waals surface area contributed by atoms with Gasteiger partial charge >= 0.3 is 6.01 Å². The van der Waals surface area contributed by atoms with Crippen LogP contribution >= 0.6 is 11.3 Å². The minimum atomic E-state index is -0.947. The number of likely N-dealkylation sites (N-methyl/N-ethyl adjacent to an activating group) is 1. The molecule has 46 heavy (non-hydrogen) atoms. The van der Waals surface area contributed by atoms with Gasteiger partial charge in [-0.25, -0.2) is 18.0 Å². The van der Waals surface area contributed by atoms with Gasteiger partial charge in [0.1, 0.15) is 35.6 Å². The summed E-state index contributed by atoms with van der Waals surface area (Å²) >= 11 is 0.922. The lowest BCUT2D eigenvalue weighted by molar-refractivity contribution is -0.125. The predicted octanol–water partition coefficient (Wildman–Crippen LogP) is 5.50. The van der Waals surface area contributed by atoms with Crippen LogP contribution in [0.15, 0.2) is 31.0 Å². The molecular formula is C32H31F3N8O2S. The number of hydrogen-bond acceptors (Lipinski definition) is 9. The van der Waals surface area contributed by atoms with Gasteiger partial charge in [-0.2, -0.15) is 9.97 Å². The van der Waals surface area contributed by atoms with Crippen molar-refractivity contribution in [1.29, 1.82) is 0 Å². The van der Waals surface area contributed by atoms with E-state index < -0.39 is 23.3 Å². The number of ether oxygens (including phenoxy) is 1. The number of nitrogen functional groups attached to an aromatic ring is 1. The summed E-state index contributed by atoms with van der Waals surface area (Å²) < 4.78 is 52.2. The van der Waals surface area contributed by atoms with Crippen LogP contribution in [0.25, 0.3) is 37.1 Å². The molecule has 4 aromatic rings. The van der Waals surface area contributed by atoms with Crippen LogP contribution < -0.4 is 15.4 Å². The average Bonchev–Trinajstić information content (AvgIpc) is 3.82. The van der Waals surface area contributed by atoms with Crippen LogP contribution in [0.2, 0.25) is 0 Å². The first-order valence-corrected chi connectivity index (χ1v) is 15.9. The van der Waals surface area contributed by atoms with Gasteiger partial charge in [0.25, 0.3) is 0 Å². The van der Waals surface area contributed by atoms with Crippen molar-refractivity contribution in [3.8, 4) is 17.3 Å². The zero-order valence-electron chi connectivity index (χ0n) is 25.1. The molecule has 10 nitrogen and oxygen atoms in total. The van der Waals surface area contributed by atoms with Crippen LogP contribution in [0.3, 0.4) is 0 Å². The van der Waals surface area contributed by atoms with Gasteiger partial charge in [0.2, 0.25) is 11.6 Å². The lowest BCUT2D eigenvalue weighted by Gasteiger charge is -2.31. The minimum Gasteiger partial charge on any atom is -0.461 e. The number of likely N-dealkylation sites (tertiary alicyclic amines) is 1. The van der Waals surface area contributed by atoms with E-state index in [1.54, 1.807) is 4.90 Å². The maximum Gasteiger partial charge on any atom is 0.319 e. The van der Waals surface area contributed by atoms with Gasteiger partial charge in [0, 0.05) is 56.3 Å². The zero-order valence-corrected chi connectivity index (χ0v) is 25.9. The average molecular weight is 649 g/mol. The van der Waals surface area contributed by atoms with E-state index in [-0.39, 0.29) is 62.1 Å². The van der Waals surface area contributed by atoms with Crippen molar-refractivity contribution in [3.05, 3.63) is 54.0 Å². The standard InChI is InChI=1S/C32H31F3N8O2S/c1-4-22(44)42-11-8-18(15-42)41(3)30-20-13-38-25(19-6-7-21(34)28-23(19)27(37-2)29(36)46-28)24(35)26(20)39-31(40-30)45-16-32-9-5-10-43(32)14-17(33)12-32/h4,6-7,13,17-18H,1,5,8-12,14-16,36H2,3H3/t17-,18-,32+/m1/s1. The number of nitrogens with two attached hydrogens (primary N) is 1. The summed E-state index contributed by atoms with van der Waals surface area (Å²) in [5, 5.41) is 0.623. The number of hydrogen-bond donors (Lipinski definition) is 1. The number of pyridine rings is 1. The van der Waals surface area contributed by atoms with E-state index in [2.05, 4.69) is 26.3 Å². The minimum absolute atomic E-state index is 0.0332. The van der Waals surface area contributed by atoms with E-state index in [1.807, 2.05) is 11.9 Å². The van der Waals surface area contributed by atoms with E-state index in [4.69, 9.17) is 22.0 Å². The number of alkyl halides is 1. The number of nitrogens with zero attached hydrogens (tertiary/aromatic N) is 7. The Morgan fingerprint density at radius 1 is 1.33 bits per heavy atom. The topological polar surface area (TPSA) is 105 Å². The van der Waals surface area contributed by atoms with Gasteiger partial charge in [-0.3, -0.25) is 14.7 Å². The highest BCUT2D eigenvalue weighted by Gasteiger charge is 2.49. The molecule has 0 radical (unpaired) electrons. The lowest BCUT2D eigenvalue weighted by Crippen LogP contribution is -2.43. The highest BCUT2D eigenvalue weighted by atomic mass is 32.1. The van der Waals surface area contributed by atoms with E-state index >= 15 is 4.39 Å². The van der Waals surface area contributed by atoms with Gasteiger partial charge in [-0.1, -0.05) is 12.6 Å². The second-order valence-corrected chi connectivity index (χ2v) is 13.2. The monoisotopic (exact) mass is 648 g/mol. The molecule has 6 heterocycles. The van der Waals surface area contributed by atoms with Crippen molar-refractivity contribution in [3.63, 3.8) is 0 Å². The highest BCUT2D eigenvalue weighted by molar-refractivity contribution is 7.23. The maximum absolute atomic E-state index is 16.7. The third kappa shape index (κ3) is 4.80. The van der Waals surface area contributed by atoms with E-state index in [9.17, 15) is 13.6 Å². The van der Waals surface area contributed by atoms with Crippen molar-refractivity contribution in [2.24, 2.45) is 0 Å². The molecule has 0 saturated carbocycles. The molecule has 3 aliphatic rings. The number of halogens is 3. The van der Waals surface area contributed by atoms with Gasteiger partial charge < -0.3 is 20.3 Å². The second-order valence-electron chi connectivity index (χ2n) is 12.1. The molecule has 3 atom stereocenters. The summed E-state index contributed by atoms with van der Waals surface area (Å²) in [5.41, 5.74) is 5.60. The number of carbonyl (C=O) groups is 1. The molecule has 3 aromatic heterocycles. The first kappa shape index (κ1) is 30.2. The van der Waals surface area contributed by atoms with E-state index in [0.717, 1.165) is 30.7 Å². The van der Waals surface area contributed by atoms with Crippen molar-refractivity contribution in [2.75, 3.05) is 50.5 Å². The maximum atomic E-state index is 16.7. The Balaban J connectivity index is 1.34. The van der Waals surface area contributed by atoms with Crippen molar-refractivity contribution < 1.29 is 22.7 Å². The lowest BCUT2D eigenvalue weighted by atomic mass is 9.95. The predicted molar refractivity (Wildman–Crippen MR) is 171 cm³/mol. The molecule has 1 aromatic carbocycles. The fourth-order valence-electron chi connectivity index (χ4n) is 7.23. The van der Waals surface area contributed by atoms with Gasteiger partial charge in [-0.05, 0) is 37.9 Å². The number of aromatic nitrogens is 3. The van der Waals surface area contributed by atoms with Crippen molar-refractivity contribution in [1.82, 2.24) is 24.8 Å². The number of carbonyl (C=O) groups excluding carboxylic acids is 1. The molecule has 3 saturated heterocycles. The molecule has 3 fully saturated rings. The summed E-state index contributed by atoms with van der Waals surface area (Å²) in [5.74, 6) is -1.19. The molecule has 0 spiro atoms. The summed E-state index contributed by atoms with van der Waals surface area (Å²) in [6.45, 7) is 13.4. The molecule has 238 valence electrons. The Hall–Kier alpha value is -4.48. The Morgan fingerprint density at radius 3 is 2.93 bits per heavy atom. The first-order valence-electron chi connectivity index (χ1n) is 15.0. The largest absolute Gasteiger partial charge is 0.461 e. The quantitative estimate of drug-likeness (QED) is 0.207. The van der Waals surface area contributed by atoms with Crippen LogP contribution in [0.4, 0.5) is 29.7 Å². The first-order chi connectivity index (χ1) is 22.1.